The van der Waals surface area contributed by atoms with Crippen molar-refractivity contribution in [3.63, 3.8) is 0 Å². The van der Waals surface area contributed by atoms with Gasteiger partial charge in [0, 0.05) is 30.3 Å². The number of hydrazone groups is 1. The topological polar surface area (TPSA) is 188 Å². The number of aromatic nitrogens is 1. The molecule has 0 saturated heterocycles. The molecule has 0 bridgehead atoms. The van der Waals surface area contributed by atoms with Crippen LogP contribution in [0.25, 0.3) is 11.3 Å². The van der Waals surface area contributed by atoms with Crippen LogP contribution in [0.5, 0.6) is 5.75 Å². The molecule has 0 radical (unpaired) electrons. The summed E-state index contributed by atoms with van der Waals surface area (Å²) < 4.78 is 10.7. The Morgan fingerprint density at radius 3 is 2.57 bits per heavy atom. The SMILES string of the molecule is COc1ccccc1-c1noc(C)c1C(=O)NCCNc1cc(NC(=O)c2ccc(N3C=NNN3)cc2)c([N+](=O)[O-])cc1Cl. The number of amides is 2. The molecule has 0 spiro atoms. The maximum atomic E-state index is 13.1. The largest absolute Gasteiger partial charge is 0.496 e. The third-order valence-corrected chi connectivity index (χ3v) is 6.84. The predicted octanol–water partition coefficient (Wildman–Crippen LogP) is 4.09. The Hall–Kier alpha value is -5.67. The lowest BCUT2D eigenvalue weighted by atomic mass is 10.0. The predicted molar refractivity (Wildman–Crippen MR) is 164 cm³/mol. The van der Waals surface area contributed by atoms with Crippen LogP contribution in [0.3, 0.4) is 0 Å². The molecule has 1 aliphatic rings. The fraction of sp³-hybridized carbons (Fsp3) is 0.143. The number of halogens is 1. The van der Waals surface area contributed by atoms with Gasteiger partial charge < -0.3 is 25.2 Å². The highest BCUT2D eigenvalue weighted by Crippen LogP contribution is 2.35. The van der Waals surface area contributed by atoms with Crippen molar-refractivity contribution < 1.29 is 23.8 Å². The van der Waals surface area contributed by atoms with E-state index >= 15 is 0 Å². The van der Waals surface area contributed by atoms with E-state index in [-0.39, 0.29) is 40.6 Å². The number of hydrogen-bond donors (Lipinski definition) is 5. The first-order valence-electron chi connectivity index (χ1n) is 13.1. The van der Waals surface area contributed by atoms with Crippen LogP contribution in [0.2, 0.25) is 5.02 Å². The minimum Gasteiger partial charge on any atom is -0.496 e. The van der Waals surface area contributed by atoms with Gasteiger partial charge in [-0.3, -0.25) is 19.7 Å². The van der Waals surface area contributed by atoms with Crippen molar-refractivity contribution in [3.05, 3.63) is 92.7 Å². The molecule has 5 N–H and O–H groups in total. The first-order valence-corrected chi connectivity index (χ1v) is 13.5. The number of benzene rings is 3. The van der Waals surface area contributed by atoms with E-state index in [0.29, 0.717) is 34.1 Å². The van der Waals surface area contributed by atoms with Gasteiger partial charge in [0.25, 0.3) is 17.5 Å². The summed E-state index contributed by atoms with van der Waals surface area (Å²) in [6.45, 7) is 1.99. The van der Waals surface area contributed by atoms with Gasteiger partial charge >= 0.3 is 0 Å². The number of methoxy groups -OCH3 is 1. The van der Waals surface area contributed by atoms with Gasteiger partial charge in [0.05, 0.1) is 28.4 Å². The molecule has 0 unspecified atom stereocenters. The highest BCUT2D eigenvalue weighted by molar-refractivity contribution is 6.33. The van der Waals surface area contributed by atoms with Crippen molar-refractivity contribution in [3.8, 4) is 17.0 Å². The molecule has 15 nitrogen and oxygen atoms in total. The van der Waals surface area contributed by atoms with Crippen LogP contribution < -0.4 is 36.8 Å². The van der Waals surface area contributed by atoms with Crippen LogP contribution in [-0.2, 0) is 0 Å². The lowest BCUT2D eigenvalue weighted by Crippen LogP contribution is -2.37. The van der Waals surface area contributed by atoms with Gasteiger partial charge in [-0.2, -0.15) is 5.10 Å². The number of para-hydroxylation sites is 1. The van der Waals surface area contributed by atoms with Gasteiger partial charge in [-0.05, 0) is 49.4 Å². The van der Waals surface area contributed by atoms with Crippen molar-refractivity contribution in [1.29, 1.82) is 0 Å². The zero-order chi connectivity index (χ0) is 31.2. The summed E-state index contributed by atoms with van der Waals surface area (Å²) in [5.41, 5.74) is 7.42. The molecule has 2 amide bonds. The molecule has 0 saturated carbocycles. The third kappa shape index (κ3) is 6.38. The van der Waals surface area contributed by atoms with Gasteiger partial charge in [-0.25, -0.2) is 10.5 Å². The van der Waals surface area contributed by atoms with Crippen molar-refractivity contribution >= 4 is 52.5 Å². The van der Waals surface area contributed by atoms with Crippen LogP contribution in [-0.4, -0.2) is 48.4 Å². The van der Waals surface area contributed by atoms with E-state index in [4.69, 9.17) is 20.9 Å². The lowest BCUT2D eigenvalue weighted by Gasteiger charge is -2.14. The number of nitro benzene ring substituents is 1. The van der Waals surface area contributed by atoms with Gasteiger partial charge in [0.1, 0.15) is 34.8 Å². The molecule has 0 fully saturated rings. The Kier molecular flexibility index (Phi) is 8.87. The Balaban J connectivity index is 1.24. The van der Waals surface area contributed by atoms with E-state index in [2.05, 4.69) is 37.3 Å². The summed E-state index contributed by atoms with van der Waals surface area (Å²) in [7, 11) is 1.52. The Morgan fingerprint density at radius 2 is 1.86 bits per heavy atom. The van der Waals surface area contributed by atoms with Crippen LogP contribution in [0.1, 0.15) is 26.5 Å². The van der Waals surface area contributed by atoms with E-state index in [1.807, 2.05) is 0 Å². The smallest absolute Gasteiger partial charge is 0.294 e. The summed E-state index contributed by atoms with van der Waals surface area (Å²) in [6, 6.07) is 16.1. The normalized spacial score (nSPS) is 12.0. The Bertz CT molecular complexity index is 1740. The summed E-state index contributed by atoms with van der Waals surface area (Å²) in [5, 5.41) is 29.7. The van der Waals surface area contributed by atoms with E-state index in [1.54, 1.807) is 60.5 Å². The number of anilines is 3. The molecule has 1 aliphatic heterocycles. The molecule has 226 valence electrons. The molecular formula is C28H26ClN9O6. The van der Waals surface area contributed by atoms with Crippen molar-refractivity contribution in [2.75, 3.05) is 35.8 Å². The molecule has 1 aromatic heterocycles. The fourth-order valence-electron chi connectivity index (χ4n) is 4.37. The quantitative estimate of drug-likeness (QED) is 0.0924. The molecular weight excluding hydrogens is 594 g/mol. The first-order chi connectivity index (χ1) is 21.3. The van der Waals surface area contributed by atoms with Crippen LogP contribution >= 0.6 is 11.6 Å². The summed E-state index contributed by atoms with van der Waals surface area (Å²) >= 11 is 6.31. The second-order valence-electron chi connectivity index (χ2n) is 9.29. The molecule has 4 aromatic rings. The maximum absolute atomic E-state index is 13.1. The van der Waals surface area contributed by atoms with E-state index in [1.165, 1.54) is 19.5 Å². The molecule has 2 heterocycles. The van der Waals surface area contributed by atoms with Crippen molar-refractivity contribution in [2.24, 2.45) is 5.10 Å². The van der Waals surface area contributed by atoms with Crippen LogP contribution in [0.15, 0.2) is 70.3 Å². The molecule has 0 atom stereocenters. The van der Waals surface area contributed by atoms with Gasteiger partial charge in [-0.1, -0.05) is 28.9 Å². The number of carbonyl (C=O) groups is 2. The average Bonchev–Trinajstić information content (AvgIpc) is 3.70. The fourth-order valence-corrected chi connectivity index (χ4v) is 4.60. The number of rotatable bonds is 11. The van der Waals surface area contributed by atoms with Crippen LogP contribution in [0.4, 0.5) is 22.7 Å². The minimum absolute atomic E-state index is 0.0564. The second-order valence-corrected chi connectivity index (χ2v) is 9.70. The highest BCUT2D eigenvalue weighted by Gasteiger charge is 2.24. The van der Waals surface area contributed by atoms with Crippen molar-refractivity contribution in [1.82, 2.24) is 21.5 Å². The number of carbonyl (C=O) groups excluding carboxylic acids is 2. The van der Waals surface area contributed by atoms with Gasteiger partial charge in [-0.15, -0.1) is 5.53 Å². The standard InChI is InChI=1S/C28H26ClN9O6/c1-16-25(26(34-44-16)19-5-3-4-6-24(19)43-2)28(40)31-12-11-30-21-14-22(23(38(41)42)13-20(21)29)33-27(39)17-7-9-18(10-8-17)37-15-32-35-36-37/h3-10,13-15,30,35-36H,11-12H2,1-2H3,(H,31,40)(H,33,39). The van der Waals surface area contributed by atoms with Gasteiger partial charge in [0.2, 0.25) is 0 Å². The molecule has 44 heavy (non-hydrogen) atoms. The van der Waals surface area contributed by atoms with E-state index in [9.17, 15) is 19.7 Å². The number of aryl methyl sites for hydroxylation is 1. The molecule has 0 aliphatic carbocycles. The molecule has 5 rings (SSSR count). The number of hydrazine groups is 2. The first kappa shape index (κ1) is 29.8. The average molecular weight is 620 g/mol. The van der Waals surface area contributed by atoms with E-state index in [0.717, 1.165) is 6.07 Å². The minimum atomic E-state index is -0.638. The number of nitrogens with zero attached hydrogens (tertiary/aromatic N) is 4. The second kappa shape index (κ2) is 13.1. The molecule has 16 heteroatoms. The maximum Gasteiger partial charge on any atom is 0.294 e. The zero-order valence-electron chi connectivity index (χ0n) is 23.4. The lowest BCUT2D eigenvalue weighted by molar-refractivity contribution is -0.383. The number of nitrogens with one attached hydrogen (secondary N) is 5. The Labute approximate surface area is 255 Å². The highest BCUT2D eigenvalue weighted by atomic mass is 35.5. The summed E-state index contributed by atoms with van der Waals surface area (Å²) in [4.78, 5) is 37.1. The molecule has 3 aromatic carbocycles. The zero-order valence-corrected chi connectivity index (χ0v) is 24.1. The van der Waals surface area contributed by atoms with E-state index < -0.39 is 16.7 Å². The summed E-state index contributed by atoms with van der Waals surface area (Å²) in [6.07, 6.45) is 1.52. The van der Waals surface area contributed by atoms with Gasteiger partial charge in [0.15, 0.2) is 0 Å². The summed E-state index contributed by atoms with van der Waals surface area (Å²) in [5.74, 6) is -0.0971. The number of nitro groups is 1. The number of hydrogen-bond acceptors (Lipinski definition) is 12. The van der Waals surface area contributed by atoms with Crippen molar-refractivity contribution in [2.45, 2.75) is 6.92 Å². The van der Waals surface area contributed by atoms with Crippen LogP contribution in [0, 0.1) is 17.0 Å². The monoisotopic (exact) mass is 619 g/mol. The Morgan fingerprint density at radius 1 is 1.09 bits per heavy atom. The third-order valence-electron chi connectivity index (χ3n) is 6.52. The number of ether oxygens (including phenoxy) is 1.